The summed E-state index contributed by atoms with van der Waals surface area (Å²) in [5, 5.41) is 0. The standard InChI is InChI=1S/C17H15F3O2/c1-17(2,3)22-11-6-4-10(5-7-11)16(21)12-8-14(19)15(20)9-13(12)18/h4-9H,1-3H3. The van der Waals surface area contributed by atoms with E-state index in [1.807, 2.05) is 20.8 Å². The number of benzene rings is 2. The molecule has 0 radical (unpaired) electrons. The van der Waals surface area contributed by atoms with Gasteiger partial charge in [0.25, 0.3) is 0 Å². The van der Waals surface area contributed by atoms with E-state index < -0.39 is 34.4 Å². The third-order valence-electron chi connectivity index (χ3n) is 2.80. The van der Waals surface area contributed by atoms with Crippen LogP contribution in [0.25, 0.3) is 0 Å². The molecule has 2 aromatic rings. The minimum atomic E-state index is -1.33. The topological polar surface area (TPSA) is 26.3 Å². The normalized spacial score (nSPS) is 11.4. The summed E-state index contributed by atoms with van der Waals surface area (Å²) in [6, 6.07) is 6.95. The fourth-order valence-electron chi connectivity index (χ4n) is 1.88. The molecule has 0 saturated carbocycles. The second-order valence-electron chi connectivity index (χ2n) is 5.81. The molecule has 2 nitrogen and oxygen atoms in total. The van der Waals surface area contributed by atoms with E-state index in [-0.39, 0.29) is 5.56 Å². The van der Waals surface area contributed by atoms with E-state index in [0.717, 1.165) is 0 Å². The molecule has 0 aliphatic carbocycles. The van der Waals surface area contributed by atoms with Gasteiger partial charge in [-0.05, 0) is 51.1 Å². The Kier molecular flexibility index (Phi) is 4.26. The highest BCUT2D eigenvalue weighted by molar-refractivity contribution is 6.09. The van der Waals surface area contributed by atoms with Crippen LogP contribution >= 0.6 is 0 Å². The van der Waals surface area contributed by atoms with Crippen LogP contribution in [-0.2, 0) is 0 Å². The maximum atomic E-state index is 13.6. The predicted octanol–water partition coefficient (Wildman–Crippen LogP) is 4.51. The molecule has 0 N–H and O–H groups in total. The molecule has 0 bridgehead atoms. The average Bonchev–Trinajstić information content (AvgIpc) is 2.41. The number of hydrogen-bond acceptors (Lipinski definition) is 2. The molecule has 0 amide bonds. The Labute approximate surface area is 126 Å². The molecule has 0 spiro atoms. The first-order valence-electron chi connectivity index (χ1n) is 6.66. The van der Waals surface area contributed by atoms with E-state index in [9.17, 15) is 18.0 Å². The maximum absolute atomic E-state index is 13.6. The predicted molar refractivity (Wildman–Crippen MR) is 76.6 cm³/mol. The first kappa shape index (κ1) is 16.1. The molecule has 116 valence electrons. The van der Waals surface area contributed by atoms with Crippen LogP contribution in [-0.4, -0.2) is 11.4 Å². The van der Waals surface area contributed by atoms with Crippen molar-refractivity contribution in [2.45, 2.75) is 26.4 Å². The van der Waals surface area contributed by atoms with E-state index in [1.54, 1.807) is 12.1 Å². The Morgan fingerprint density at radius 1 is 0.909 bits per heavy atom. The van der Waals surface area contributed by atoms with Gasteiger partial charge in [0.15, 0.2) is 17.4 Å². The average molecular weight is 308 g/mol. The number of carbonyl (C=O) groups is 1. The molecule has 0 heterocycles. The first-order valence-corrected chi connectivity index (χ1v) is 6.66. The van der Waals surface area contributed by atoms with Gasteiger partial charge < -0.3 is 4.74 Å². The third-order valence-corrected chi connectivity index (χ3v) is 2.80. The van der Waals surface area contributed by atoms with Crippen LogP contribution in [0.5, 0.6) is 5.75 Å². The molecule has 0 unspecified atom stereocenters. The molecule has 0 aliphatic rings. The molecule has 0 atom stereocenters. The zero-order valence-corrected chi connectivity index (χ0v) is 12.4. The van der Waals surface area contributed by atoms with Crippen molar-refractivity contribution in [3.63, 3.8) is 0 Å². The largest absolute Gasteiger partial charge is 0.488 e. The van der Waals surface area contributed by atoms with E-state index in [2.05, 4.69) is 0 Å². The van der Waals surface area contributed by atoms with Crippen LogP contribution in [0.15, 0.2) is 36.4 Å². The van der Waals surface area contributed by atoms with Crippen molar-refractivity contribution >= 4 is 5.78 Å². The second-order valence-corrected chi connectivity index (χ2v) is 5.81. The lowest BCUT2D eigenvalue weighted by molar-refractivity contribution is 0.103. The Hall–Kier alpha value is -2.30. The van der Waals surface area contributed by atoms with Gasteiger partial charge in [0.2, 0.25) is 0 Å². The molecule has 2 rings (SSSR count). The fraction of sp³-hybridized carbons (Fsp3) is 0.235. The van der Waals surface area contributed by atoms with Crippen LogP contribution in [0.3, 0.4) is 0 Å². The van der Waals surface area contributed by atoms with E-state index in [4.69, 9.17) is 4.74 Å². The molecular formula is C17H15F3O2. The SMILES string of the molecule is CC(C)(C)Oc1ccc(C(=O)c2cc(F)c(F)cc2F)cc1. The summed E-state index contributed by atoms with van der Waals surface area (Å²) in [5.74, 6) is -3.87. The molecule has 0 fully saturated rings. The maximum Gasteiger partial charge on any atom is 0.196 e. The highest BCUT2D eigenvalue weighted by Crippen LogP contribution is 2.21. The number of hydrogen-bond donors (Lipinski definition) is 0. The monoisotopic (exact) mass is 308 g/mol. The van der Waals surface area contributed by atoms with Gasteiger partial charge in [0.05, 0.1) is 5.56 Å². The van der Waals surface area contributed by atoms with Crippen molar-refractivity contribution in [1.82, 2.24) is 0 Å². The van der Waals surface area contributed by atoms with Gasteiger partial charge in [-0.15, -0.1) is 0 Å². The highest BCUT2D eigenvalue weighted by atomic mass is 19.2. The molecule has 5 heteroatoms. The summed E-state index contributed by atoms with van der Waals surface area (Å²) in [5.41, 5.74) is -0.743. The molecule has 0 aromatic heterocycles. The molecule has 22 heavy (non-hydrogen) atoms. The number of ether oxygens (including phenoxy) is 1. The van der Waals surface area contributed by atoms with Gasteiger partial charge in [-0.3, -0.25) is 4.79 Å². The quantitative estimate of drug-likeness (QED) is 0.616. The van der Waals surface area contributed by atoms with Crippen molar-refractivity contribution in [3.05, 3.63) is 65.0 Å². The van der Waals surface area contributed by atoms with Crippen molar-refractivity contribution < 1.29 is 22.7 Å². The highest BCUT2D eigenvalue weighted by Gasteiger charge is 2.18. The number of rotatable bonds is 3. The summed E-state index contributed by atoms with van der Waals surface area (Å²) in [4.78, 5) is 12.2. The number of ketones is 1. The van der Waals surface area contributed by atoms with E-state index in [1.165, 1.54) is 12.1 Å². The summed E-state index contributed by atoms with van der Waals surface area (Å²) >= 11 is 0. The van der Waals surface area contributed by atoms with Crippen LogP contribution in [0, 0.1) is 17.5 Å². The summed E-state index contributed by atoms with van der Waals surface area (Å²) in [6.45, 7) is 5.63. The second kappa shape index (κ2) is 5.83. The molecular weight excluding hydrogens is 293 g/mol. The lowest BCUT2D eigenvalue weighted by Gasteiger charge is -2.21. The van der Waals surface area contributed by atoms with E-state index >= 15 is 0 Å². The van der Waals surface area contributed by atoms with Crippen LogP contribution in [0.2, 0.25) is 0 Å². The third kappa shape index (κ3) is 3.67. The first-order chi connectivity index (χ1) is 10.2. The van der Waals surface area contributed by atoms with Crippen molar-refractivity contribution in [2.75, 3.05) is 0 Å². The van der Waals surface area contributed by atoms with Crippen LogP contribution in [0.1, 0.15) is 36.7 Å². The van der Waals surface area contributed by atoms with Gasteiger partial charge in [0.1, 0.15) is 17.2 Å². The summed E-state index contributed by atoms with van der Waals surface area (Å²) < 4.78 is 45.3. The van der Waals surface area contributed by atoms with Crippen LogP contribution < -0.4 is 4.74 Å². The minimum absolute atomic E-state index is 0.158. The number of carbonyl (C=O) groups excluding carboxylic acids is 1. The van der Waals surface area contributed by atoms with Crippen molar-refractivity contribution in [1.29, 1.82) is 0 Å². The molecule has 0 aliphatic heterocycles. The zero-order chi connectivity index (χ0) is 16.5. The Morgan fingerprint density at radius 2 is 1.45 bits per heavy atom. The smallest absolute Gasteiger partial charge is 0.196 e. The summed E-state index contributed by atoms with van der Waals surface area (Å²) in [7, 11) is 0. The lowest BCUT2D eigenvalue weighted by Crippen LogP contribution is -2.22. The Morgan fingerprint density at radius 3 is 2.00 bits per heavy atom. The van der Waals surface area contributed by atoms with E-state index in [0.29, 0.717) is 17.9 Å². The Bertz CT molecular complexity index is 701. The zero-order valence-electron chi connectivity index (χ0n) is 12.4. The lowest BCUT2D eigenvalue weighted by atomic mass is 10.0. The van der Waals surface area contributed by atoms with Gasteiger partial charge >= 0.3 is 0 Å². The van der Waals surface area contributed by atoms with Crippen LogP contribution in [0.4, 0.5) is 13.2 Å². The van der Waals surface area contributed by atoms with Gasteiger partial charge in [-0.25, -0.2) is 13.2 Å². The van der Waals surface area contributed by atoms with Crippen molar-refractivity contribution in [3.8, 4) is 5.75 Å². The van der Waals surface area contributed by atoms with Gasteiger partial charge in [-0.1, -0.05) is 0 Å². The van der Waals surface area contributed by atoms with Gasteiger partial charge in [-0.2, -0.15) is 0 Å². The molecule has 2 aromatic carbocycles. The Balaban J connectivity index is 2.29. The van der Waals surface area contributed by atoms with Gasteiger partial charge in [0, 0.05) is 11.6 Å². The van der Waals surface area contributed by atoms with Crippen molar-refractivity contribution in [2.24, 2.45) is 0 Å². The molecule has 0 saturated heterocycles. The minimum Gasteiger partial charge on any atom is -0.488 e. The summed E-state index contributed by atoms with van der Waals surface area (Å²) in [6.07, 6.45) is 0. The number of halogens is 3. The fourth-order valence-corrected chi connectivity index (χ4v) is 1.88.